The average molecular weight is 181 g/mol. The summed E-state index contributed by atoms with van der Waals surface area (Å²) in [7, 11) is 0. The maximum atomic E-state index is 10.3. The highest BCUT2D eigenvalue weighted by Crippen LogP contribution is 2.14. The highest BCUT2D eigenvalue weighted by Gasteiger charge is 2.41. The van der Waals surface area contributed by atoms with E-state index < -0.39 is 16.0 Å². The van der Waals surface area contributed by atoms with Crippen molar-refractivity contribution in [2.75, 3.05) is 0 Å². The van der Waals surface area contributed by atoms with Crippen LogP contribution in [0.2, 0.25) is 0 Å². The Morgan fingerprint density at radius 1 is 1.00 bits per heavy atom. The van der Waals surface area contributed by atoms with Crippen molar-refractivity contribution >= 4 is 0 Å². The van der Waals surface area contributed by atoms with Gasteiger partial charge >= 0.3 is 6.17 Å². The lowest BCUT2D eigenvalue weighted by Crippen LogP contribution is -2.20. The number of rotatable bonds is 3. The Hall–Kier alpha value is -1.98. The van der Waals surface area contributed by atoms with Gasteiger partial charge in [0.25, 0.3) is 0 Å². The molecule has 0 fully saturated rings. The smallest absolute Gasteiger partial charge is 0.258 e. The molecule has 0 atom stereocenters. The van der Waals surface area contributed by atoms with Gasteiger partial charge in [0, 0.05) is 0 Å². The van der Waals surface area contributed by atoms with Crippen molar-refractivity contribution in [3.8, 4) is 0 Å². The van der Waals surface area contributed by atoms with Gasteiger partial charge in [-0.1, -0.05) is 18.2 Å². The first-order valence-corrected chi connectivity index (χ1v) is 3.34. The van der Waals surface area contributed by atoms with Gasteiger partial charge in [-0.2, -0.15) is 0 Å². The molecule has 0 unspecified atom stereocenters. The zero-order valence-corrected chi connectivity index (χ0v) is 6.41. The minimum atomic E-state index is -1.00. The summed E-state index contributed by atoms with van der Waals surface area (Å²) in [6, 6.07) is 7.27. The fraction of sp³-hybridized carbons (Fsp3) is 0. The summed E-state index contributed by atoms with van der Waals surface area (Å²) >= 11 is 0. The van der Waals surface area contributed by atoms with Gasteiger partial charge < -0.3 is 0 Å². The number of nitrogens with zero attached hydrogens (tertiary/aromatic N) is 2. The SMILES string of the molecule is O=[N+]([O-])[C](c1ccccc1)[N+](=O)[O-]. The van der Waals surface area contributed by atoms with Crippen molar-refractivity contribution in [1.82, 2.24) is 0 Å². The molecule has 1 rings (SSSR count). The second-order valence-corrected chi connectivity index (χ2v) is 2.20. The molecule has 6 nitrogen and oxygen atoms in total. The summed E-state index contributed by atoms with van der Waals surface area (Å²) in [5.41, 5.74) is -0.00231. The predicted octanol–water partition coefficient (Wildman–Crippen LogP) is 1.08. The molecule has 67 valence electrons. The van der Waals surface area contributed by atoms with Crippen LogP contribution < -0.4 is 0 Å². The van der Waals surface area contributed by atoms with Gasteiger partial charge in [-0.05, 0) is 12.1 Å². The van der Waals surface area contributed by atoms with E-state index >= 15 is 0 Å². The van der Waals surface area contributed by atoms with E-state index in [9.17, 15) is 20.2 Å². The number of nitro groups is 2. The van der Waals surface area contributed by atoms with Crippen LogP contribution in [-0.4, -0.2) is 9.85 Å². The van der Waals surface area contributed by atoms with Crippen LogP contribution in [0, 0.1) is 26.4 Å². The van der Waals surface area contributed by atoms with Gasteiger partial charge in [0.2, 0.25) is 0 Å². The molecule has 0 bridgehead atoms. The molecule has 0 aliphatic rings. The molecule has 0 saturated heterocycles. The highest BCUT2D eigenvalue weighted by atomic mass is 16.7. The van der Waals surface area contributed by atoms with Crippen LogP contribution in [0.25, 0.3) is 0 Å². The Bertz CT molecular complexity index is 311. The van der Waals surface area contributed by atoms with E-state index in [4.69, 9.17) is 0 Å². The Labute approximate surface area is 73.1 Å². The molecule has 0 aliphatic heterocycles. The van der Waals surface area contributed by atoms with Crippen LogP contribution in [0.4, 0.5) is 0 Å². The average Bonchev–Trinajstić information content (AvgIpc) is 2.04. The molecule has 0 aromatic heterocycles. The third-order valence-electron chi connectivity index (χ3n) is 1.38. The van der Waals surface area contributed by atoms with Gasteiger partial charge in [0.05, 0.1) is 0 Å². The van der Waals surface area contributed by atoms with E-state index in [2.05, 4.69) is 0 Å². The van der Waals surface area contributed by atoms with Gasteiger partial charge in [-0.3, -0.25) is 20.2 Å². The van der Waals surface area contributed by atoms with E-state index in [0.29, 0.717) is 0 Å². The number of benzene rings is 1. The first-order chi connectivity index (χ1) is 6.13. The first-order valence-electron chi connectivity index (χ1n) is 3.34. The minimum absolute atomic E-state index is 0.00231. The molecule has 13 heavy (non-hydrogen) atoms. The van der Waals surface area contributed by atoms with Gasteiger partial charge in [-0.15, -0.1) is 0 Å². The highest BCUT2D eigenvalue weighted by molar-refractivity contribution is 5.22. The Morgan fingerprint density at radius 2 is 1.46 bits per heavy atom. The molecule has 1 aromatic rings. The van der Waals surface area contributed by atoms with Crippen LogP contribution in [0.5, 0.6) is 0 Å². The molecule has 0 N–H and O–H groups in total. The Morgan fingerprint density at radius 3 is 1.85 bits per heavy atom. The maximum absolute atomic E-state index is 10.3. The standard InChI is InChI=1S/C7H5N2O4/c10-8(11)7(9(12)13)6-4-2-1-3-5-6/h1-5H. The fourth-order valence-corrected chi connectivity index (χ4v) is 0.865. The minimum Gasteiger partial charge on any atom is -0.258 e. The van der Waals surface area contributed by atoms with E-state index in [1.54, 1.807) is 6.07 Å². The van der Waals surface area contributed by atoms with Crippen molar-refractivity contribution in [2.24, 2.45) is 0 Å². The van der Waals surface area contributed by atoms with Crippen LogP contribution in [0.1, 0.15) is 5.56 Å². The second-order valence-electron chi connectivity index (χ2n) is 2.20. The normalized spacial score (nSPS) is 9.92. The van der Waals surface area contributed by atoms with Crippen LogP contribution in [-0.2, 0) is 0 Å². The fourth-order valence-electron chi connectivity index (χ4n) is 0.865. The quantitative estimate of drug-likeness (QED) is 0.515. The van der Waals surface area contributed by atoms with E-state index in [0.717, 1.165) is 0 Å². The van der Waals surface area contributed by atoms with E-state index in [1.165, 1.54) is 24.3 Å². The molecule has 6 heteroatoms. The van der Waals surface area contributed by atoms with Crippen molar-refractivity contribution in [2.45, 2.75) is 0 Å². The molecular weight excluding hydrogens is 176 g/mol. The lowest BCUT2D eigenvalue weighted by atomic mass is 10.2. The largest absolute Gasteiger partial charge is 0.626 e. The van der Waals surface area contributed by atoms with Crippen LogP contribution >= 0.6 is 0 Å². The summed E-state index contributed by atoms with van der Waals surface area (Å²) in [4.78, 5) is 18.5. The summed E-state index contributed by atoms with van der Waals surface area (Å²) in [6.45, 7) is 0. The number of hydrogen-bond acceptors (Lipinski definition) is 4. The third kappa shape index (κ3) is 1.98. The van der Waals surface area contributed by atoms with Gasteiger partial charge in [0.15, 0.2) is 0 Å². The van der Waals surface area contributed by atoms with Crippen molar-refractivity contribution in [3.63, 3.8) is 0 Å². The summed E-state index contributed by atoms with van der Waals surface area (Å²) in [5.74, 6) is 0. The molecule has 1 aromatic carbocycles. The number of hydrogen-bond donors (Lipinski definition) is 0. The van der Waals surface area contributed by atoms with Crippen molar-refractivity contribution in [3.05, 3.63) is 62.3 Å². The maximum Gasteiger partial charge on any atom is 0.626 e. The van der Waals surface area contributed by atoms with Crippen molar-refractivity contribution in [1.29, 1.82) is 0 Å². The molecule has 0 saturated carbocycles. The van der Waals surface area contributed by atoms with E-state index in [1.807, 2.05) is 0 Å². The first kappa shape index (κ1) is 9.11. The van der Waals surface area contributed by atoms with Gasteiger partial charge in [0.1, 0.15) is 15.4 Å². The molecule has 0 heterocycles. The molecule has 1 radical (unpaired) electrons. The van der Waals surface area contributed by atoms with Crippen LogP contribution in [0.3, 0.4) is 0 Å². The topological polar surface area (TPSA) is 86.3 Å². The summed E-state index contributed by atoms with van der Waals surface area (Å²) < 4.78 is 0. The van der Waals surface area contributed by atoms with Crippen molar-refractivity contribution < 1.29 is 9.85 Å². The van der Waals surface area contributed by atoms with Crippen LogP contribution in [0.15, 0.2) is 30.3 Å². The zero-order valence-electron chi connectivity index (χ0n) is 6.41. The Balaban J connectivity index is 3.03. The predicted molar refractivity (Wildman–Crippen MR) is 42.8 cm³/mol. The molecule has 0 spiro atoms. The Kier molecular flexibility index (Phi) is 2.53. The molecule has 0 amide bonds. The lowest BCUT2D eigenvalue weighted by molar-refractivity contribution is -0.660. The molecule has 0 aliphatic carbocycles. The lowest BCUT2D eigenvalue weighted by Gasteiger charge is -1.96. The monoisotopic (exact) mass is 181 g/mol. The van der Waals surface area contributed by atoms with E-state index in [-0.39, 0.29) is 5.56 Å². The summed E-state index contributed by atoms with van der Waals surface area (Å²) in [6.07, 6.45) is -0.999. The van der Waals surface area contributed by atoms with Gasteiger partial charge in [-0.25, -0.2) is 0 Å². The second kappa shape index (κ2) is 3.61. The third-order valence-corrected chi connectivity index (χ3v) is 1.38. The summed E-state index contributed by atoms with van der Waals surface area (Å²) in [5, 5.41) is 20.5. The zero-order chi connectivity index (χ0) is 9.84. The molecular formula is C7H5N2O4.